The van der Waals surface area contributed by atoms with Gasteiger partial charge in [0.1, 0.15) is 5.01 Å². The average Bonchev–Trinajstić information content (AvgIpc) is 3.09. The van der Waals surface area contributed by atoms with Crippen molar-refractivity contribution < 1.29 is 9.90 Å². The van der Waals surface area contributed by atoms with Crippen molar-refractivity contribution in [3.8, 4) is 21.3 Å². The molecule has 0 saturated heterocycles. The first kappa shape index (κ1) is 11.9. The Labute approximate surface area is 116 Å². The molecule has 0 atom stereocenters. The molecule has 94 valence electrons. The van der Waals surface area contributed by atoms with Crippen molar-refractivity contribution in [2.75, 3.05) is 0 Å². The van der Waals surface area contributed by atoms with E-state index >= 15 is 0 Å². The van der Waals surface area contributed by atoms with Gasteiger partial charge >= 0.3 is 5.97 Å². The molecule has 0 aliphatic carbocycles. The highest BCUT2D eigenvalue weighted by molar-refractivity contribution is 7.15. The lowest BCUT2D eigenvalue weighted by molar-refractivity contribution is 0.0697. The fourth-order valence-corrected chi connectivity index (χ4v) is 2.97. The number of carbonyl (C=O) groups is 1. The zero-order valence-corrected chi connectivity index (χ0v) is 11.1. The minimum atomic E-state index is -0.970. The maximum atomic E-state index is 10.9. The van der Waals surface area contributed by atoms with Crippen molar-refractivity contribution >= 4 is 28.6 Å². The predicted molar refractivity (Wildman–Crippen MR) is 73.4 cm³/mol. The van der Waals surface area contributed by atoms with Gasteiger partial charge in [-0.1, -0.05) is 0 Å². The molecular weight excluding hydrogens is 282 g/mol. The Morgan fingerprint density at radius 3 is 2.89 bits per heavy atom. The Bertz CT molecular complexity index is 722. The Balaban J connectivity index is 1.99. The highest BCUT2D eigenvalue weighted by Crippen LogP contribution is 2.29. The summed E-state index contributed by atoms with van der Waals surface area (Å²) in [5.41, 5.74) is 3.36. The fourth-order valence-electron chi connectivity index (χ4n) is 1.53. The number of pyridine rings is 1. The monoisotopic (exact) mass is 289 g/mol. The van der Waals surface area contributed by atoms with Crippen LogP contribution in [0.1, 0.15) is 10.4 Å². The molecule has 0 aliphatic heterocycles. The number of hydrogen-bond acceptors (Lipinski definition) is 6. The predicted octanol–water partition coefficient (Wildman–Crippen LogP) is 3.03. The van der Waals surface area contributed by atoms with Crippen molar-refractivity contribution in [3.05, 3.63) is 41.0 Å². The molecular formula is C12H7N3O2S2. The normalized spacial score (nSPS) is 10.5. The van der Waals surface area contributed by atoms with Crippen molar-refractivity contribution in [3.63, 3.8) is 0 Å². The standard InChI is InChI=1S/C12H7N3O2S2/c16-12(17)7-1-2-14-8(3-7)11-15-9(5-18-11)10-4-13-6-19-10/h1-6H,(H,16,17). The zero-order valence-electron chi connectivity index (χ0n) is 9.48. The molecule has 19 heavy (non-hydrogen) atoms. The van der Waals surface area contributed by atoms with Crippen LogP contribution < -0.4 is 0 Å². The van der Waals surface area contributed by atoms with E-state index in [1.807, 2.05) is 5.38 Å². The van der Waals surface area contributed by atoms with E-state index in [0.29, 0.717) is 10.7 Å². The summed E-state index contributed by atoms with van der Waals surface area (Å²) < 4.78 is 0. The molecule has 0 amide bonds. The van der Waals surface area contributed by atoms with Crippen LogP contribution >= 0.6 is 22.7 Å². The first-order valence-electron chi connectivity index (χ1n) is 5.28. The smallest absolute Gasteiger partial charge is 0.335 e. The van der Waals surface area contributed by atoms with Gasteiger partial charge in [0.05, 0.1) is 27.3 Å². The van der Waals surface area contributed by atoms with E-state index in [9.17, 15) is 4.79 Å². The molecule has 0 bridgehead atoms. The maximum absolute atomic E-state index is 10.9. The van der Waals surface area contributed by atoms with Crippen LogP contribution in [0.4, 0.5) is 0 Å². The lowest BCUT2D eigenvalue weighted by Crippen LogP contribution is -1.97. The molecule has 5 nitrogen and oxygen atoms in total. The van der Waals surface area contributed by atoms with E-state index in [0.717, 1.165) is 10.6 Å². The summed E-state index contributed by atoms with van der Waals surface area (Å²) in [6.07, 6.45) is 3.23. The Morgan fingerprint density at radius 2 is 2.16 bits per heavy atom. The van der Waals surface area contributed by atoms with Gasteiger partial charge in [0.25, 0.3) is 0 Å². The SMILES string of the molecule is O=C(O)c1ccnc(-c2nc(-c3cncs3)cs2)c1. The van der Waals surface area contributed by atoms with Gasteiger partial charge in [0.15, 0.2) is 0 Å². The molecule has 0 radical (unpaired) electrons. The Kier molecular flexibility index (Phi) is 3.06. The minimum absolute atomic E-state index is 0.208. The first-order chi connectivity index (χ1) is 9.24. The third-order valence-corrected chi connectivity index (χ3v) is 4.08. The second-order valence-electron chi connectivity index (χ2n) is 3.64. The second kappa shape index (κ2) is 4.87. The minimum Gasteiger partial charge on any atom is -0.478 e. The number of carboxylic acids is 1. The number of hydrogen-bond donors (Lipinski definition) is 1. The van der Waals surface area contributed by atoms with Crippen LogP contribution in [0.15, 0.2) is 35.4 Å². The summed E-state index contributed by atoms with van der Waals surface area (Å²) >= 11 is 2.94. The van der Waals surface area contributed by atoms with E-state index in [-0.39, 0.29) is 5.56 Å². The first-order valence-corrected chi connectivity index (χ1v) is 7.04. The number of aromatic nitrogens is 3. The lowest BCUT2D eigenvalue weighted by Gasteiger charge is -1.97. The zero-order chi connectivity index (χ0) is 13.2. The number of rotatable bonds is 3. The third kappa shape index (κ3) is 2.38. The van der Waals surface area contributed by atoms with Crippen LogP contribution in [0, 0.1) is 0 Å². The number of thiazole rings is 2. The average molecular weight is 289 g/mol. The molecule has 0 spiro atoms. The second-order valence-corrected chi connectivity index (χ2v) is 5.38. The molecule has 3 heterocycles. The van der Waals surface area contributed by atoms with Crippen LogP contribution in [-0.4, -0.2) is 26.0 Å². The molecule has 7 heteroatoms. The van der Waals surface area contributed by atoms with Crippen molar-refractivity contribution in [1.29, 1.82) is 0 Å². The van der Waals surface area contributed by atoms with E-state index in [4.69, 9.17) is 5.11 Å². The van der Waals surface area contributed by atoms with Crippen LogP contribution in [0.25, 0.3) is 21.3 Å². The van der Waals surface area contributed by atoms with Gasteiger partial charge in [0.2, 0.25) is 0 Å². The van der Waals surface area contributed by atoms with Gasteiger partial charge in [-0.2, -0.15) is 0 Å². The molecule has 0 aromatic carbocycles. The molecule has 0 fully saturated rings. The summed E-state index contributed by atoms with van der Waals surface area (Å²) in [5, 5.41) is 11.6. The lowest BCUT2D eigenvalue weighted by atomic mass is 10.2. The van der Waals surface area contributed by atoms with Gasteiger partial charge < -0.3 is 5.11 Å². The van der Waals surface area contributed by atoms with Gasteiger partial charge in [0, 0.05) is 17.8 Å². The van der Waals surface area contributed by atoms with Gasteiger partial charge in [-0.25, -0.2) is 9.78 Å². The highest BCUT2D eigenvalue weighted by Gasteiger charge is 2.11. The van der Waals surface area contributed by atoms with E-state index in [2.05, 4.69) is 15.0 Å². The van der Waals surface area contributed by atoms with Crippen LogP contribution in [0.3, 0.4) is 0 Å². The fraction of sp³-hybridized carbons (Fsp3) is 0. The van der Waals surface area contributed by atoms with Crippen LogP contribution in [0.2, 0.25) is 0 Å². The summed E-state index contributed by atoms with van der Waals surface area (Å²) in [7, 11) is 0. The van der Waals surface area contributed by atoms with Gasteiger partial charge in [-0.3, -0.25) is 9.97 Å². The largest absolute Gasteiger partial charge is 0.478 e. The quantitative estimate of drug-likeness (QED) is 0.802. The summed E-state index contributed by atoms with van der Waals surface area (Å²) in [6, 6.07) is 2.99. The molecule has 0 unspecified atom stereocenters. The van der Waals surface area contributed by atoms with E-state index in [1.54, 1.807) is 11.7 Å². The summed E-state index contributed by atoms with van der Waals surface area (Å²) in [4.78, 5) is 24.5. The molecule has 3 rings (SSSR count). The van der Waals surface area contributed by atoms with Gasteiger partial charge in [-0.15, -0.1) is 22.7 Å². The van der Waals surface area contributed by atoms with Crippen LogP contribution in [0.5, 0.6) is 0 Å². The van der Waals surface area contributed by atoms with E-state index < -0.39 is 5.97 Å². The Hall–Kier alpha value is -2.12. The van der Waals surface area contributed by atoms with E-state index in [1.165, 1.54) is 41.0 Å². The summed E-state index contributed by atoms with van der Waals surface area (Å²) in [5.74, 6) is -0.970. The molecule has 3 aromatic heterocycles. The number of nitrogens with zero attached hydrogens (tertiary/aromatic N) is 3. The highest BCUT2D eigenvalue weighted by atomic mass is 32.1. The Morgan fingerprint density at radius 1 is 1.26 bits per heavy atom. The third-order valence-electron chi connectivity index (χ3n) is 2.41. The molecule has 1 N–H and O–H groups in total. The topological polar surface area (TPSA) is 76.0 Å². The van der Waals surface area contributed by atoms with Crippen LogP contribution in [-0.2, 0) is 0 Å². The number of aromatic carboxylic acids is 1. The molecule has 3 aromatic rings. The van der Waals surface area contributed by atoms with Crippen molar-refractivity contribution in [2.45, 2.75) is 0 Å². The number of carboxylic acid groups (broad SMARTS) is 1. The summed E-state index contributed by atoms with van der Waals surface area (Å²) in [6.45, 7) is 0. The van der Waals surface area contributed by atoms with Crippen molar-refractivity contribution in [1.82, 2.24) is 15.0 Å². The molecule has 0 aliphatic rings. The van der Waals surface area contributed by atoms with Gasteiger partial charge in [-0.05, 0) is 12.1 Å². The van der Waals surface area contributed by atoms with Crippen molar-refractivity contribution in [2.24, 2.45) is 0 Å². The maximum Gasteiger partial charge on any atom is 0.335 e. The molecule has 0 saturated carbocycles.